The van der Waals surface area contributed by atoms with Crippen molar-refractivity contribution in [3.63, 3.8) is 0 Å². The maximum atomic E-state index is 10.4. The highest BCUT2D eigenvalue weighted by Gasteiger charge is 2.54. The zero-order valence-corrected chi connectivity index (χ0v) is 13.3. The quantitative estimate of drug-likeness (QED) is 0.314. The maximum Gasteiger partial charge on any atom is 0.167 e. The minimum Gasteiger partial charge on any atom is -0.394 e. The van der Waals surface area contributed by atoms with E-state index in [0.717, 1.165) is 0 Å². The number of ether oxygens (including phenoxy) is 2. The number of methoxy groups -OCH3 is 1. The van der Waals surface area contributed by atoms with Gasteiger partial charge in [-0.05, 0) is 6.92 Å². The zero-order valence-electron chi connectivity index (χ0n) is 13.3. The Labute approximate surface area is 137 Å². The van der Waals surface area contributed by atoms with E-state index < -0.39 is 24.0 Å². The minimum atomic E-state index is -1.10. The summed E-state index contributed by atoms with van der Waals surface area (Å²) >= 11 is 0. The molecule has 4 atom stereocenters. The second-order valence-electron chi connectivity index (χ2n) is 5.77. The molecular weight excluding hydrogens is 316 g/mol. The Bertz CT molecular complexity index is 778. The smallest absolute Gasteiger partial charge is 0.167 e. The predicted octanol–water partition coefficient (Wildman–Crippen LogP) is -1.04. The number of aliphatic hydroxyl groups excluding tert-OH is 2. The van der Waals surface area contributed by atoms with Gasteiger partial charge in [-0.25, -0.2) is 9.97 Å². The molecule has 1 saturated heterocycles. The lowest BCUT2D eigenvalue weighted by Gasteiger charge is -2.31. The fraction of sp³-hybridized carbons (Fsp3) is 0.500. The van der Waals surface area contributed by atoms with Crippen LogP contribution in [0.4, 0.5) is 5.82 Å². The predicted molar refractivity (Wildman–Crippen MR) is 86.1 cm³/mol. The number of hydrogen-bond acceptors (Lipinski definition) is 9. The number of fused-ring (bicyclic) bond motifs is 1. The van der Waals surface area contributed by atoms with Crippen molar-refractivity contribution < 1.29 is 19.7 Å². The van der Waals surface area contributed by atoms with Gasteiger partial charge in [-0.1, -0.05) is 0 Å². The summed E-state index contributed by atoms with van der Waals surface area (Å²) in [6, 6.07) is 0. The number of rotatable bonds is 4. The third-order valence-corrected chi connectivity index (χ3v) is 4.49. The van der Waals surface area contributed by atoms with Gasteiger partial charge in [-0.15, -0.1) is 0 Å². The van der Waals surface area contributed by atoms with Crippen LogP contribution in [0.1, 0.15) is 18.7 Å². The first-order valence-corrected chi connectivity index (χ1v) is 7.31. The molecule has 1 fully saturated rings. The van der Waals surface area contributed by atoms with Gasteiger partial charge in [0.05, 0.1) is 18.2 Å². The van der Waals surface area contributed by atoms with Gasteiger partial charge in [0.15, 0.2) is 6.23 Å². The normalized spacial score (nSPS) is 30.6. The van der Waals surface area contributed by atoms with E-state index in [2.05, 4.69) is 15.1 Å². The van der Waals surface area contributed by atoms with E-state index >= 15 is 0 Å². The van der Waals surface area contributed by atoms with Crippen molar-refractivity contribution in [1.82, 2.24) is 14.5 Å². The van der Waals surface area contributed by atoms with E-state index in [1.807, 2.05) is 0 Å². The van der Waals surface area contributed by atoms with Crippen LogP contribution < -0.4 is 11.6 Å². The molecule has 3 heterocycles. The first kappa shape index (κ1) is 16.6. The average molecular weight is 336 g/mol. The van der Waals surface area contributed by atoms with Crippen LogP contribution in [0.5, 0.6) is 0 Å². The summed E-state index contributed by atoms with van der Waals surface area (Å²) in [5, 5.41) is 24.0. The third kappa shape index (κ3) is 2.23. The van der Waals surface area contributed by atoms with E-state index in [1.165, 1.54) is 19.7 Å². The van der Waals surface area contributed by atoms with Gasteiger partial charge in [-0.3, -0.25) is 0 Å². The average Bonchev–Trinajstić information content (AvgIpc) is 3.06. The summed E-state index contributed by atoms with van der Waals surface area (Å²) < 4.78 is 13.0. The highest BCUT2D eigenvalue weighted by atomic mass is 16.6. The molecule has 0 saturated carbocycles. The summed E-state index contributed by atoms with van der Waals surface area (Å²) in [5.41, 5.74) is 5.94. The van der Waals surface area contributed by atoms with E-state index in [-0.39, 0.29) is 12.4 Å². The zero-order chi connectivity index (χ0) is 17.5. The van der Waals surface area contributed by atoms with Gasteiger partial charge in [0.2, 0.25) is 0 Å². The van der Waals surface area contributed by atoms with Gasteiger partial charge >= 0.3 is 0 Å². The SMILES string of the molecule is COC1(C)C(O)C(CO)O[C@H]1n1cc(/C=N/N)c2c(N)ncnc21. The number of aliphatic hydroxyl groups is 2. The molecule has 0 amide bonds. The third-order valence-electron chi connectivity index (χ3n) is 4.49. The molecule has 3 rings (SSSR count). The molecule has 0 bridgehead atoms. The largest absolute Gasteiger partial charge is 0.394 e. The number of aromatic nitrogens is 3. The summed E-state index contributed by atoms with van der Waals surface area (Å²) in [6.45, 7) is 1.36. The molecule has 3 unspecified atom stereocenters. The number of hydrazone groups is 1. The van der Waals surface area contributed by atoms with E-state index in [1.54, 1.807) is 17.7 Å². The van der Waals surface area contributed by atoms with Gasteiger partial charge in [0, 0.05) is 18.9 Å². The summed E-state index contributed by atoms with van der Waals surface area (Å²) in [5.74, 6) is 5.53. The molecule has 10 heteroatoms. The fourth-order valence-corrected chi connectivity index (χ4v) is 3.09. The van der Waals surface area contributed by atoms with Crippen molar-refractivity contribution in [2.75, 3.05) is 19.5 Å². The Hall–Kier alpha value is -2.27. The molecular formula is C14H20N6O4. The van der Waals surface area contributed by atoms with Crippen molar-refractivity contribution in [3.8, 4) is 0 Å². The van der Waals surface area contributed by atoms with Crippen LogP contribution in [0.25, 0.3) is 11.0 Å². The number of hydrogen-bond donors (Lipinski definition) is 4. The van der Waals surface area contributed by atoms with Crippen LogP contribution in [0, 0.1) is 0 Å². The van der Waals surface area contributed by atoms with Gasteiger partial charge in [0.1, 0.15) is 35.6 Å². The van der Waals surface area contributed by atoms with E-state index in [9.17, 15) is 10.2 Å². The molecule has 6 N–H and O–H groups in total. The van der Waals surface area contributed by atoms with Crippen LogP contribution >= 0.6 is 0 Å². The lowest BCUT2D eigenvalue weighted by atomic mass is 9.96. The second kappa shape index (κ2) is 5.98. The summed E-state index contributed by atoms with van der Waals surface area (Å²) in [4.78, 5) is 8.24. The highest BCUT2D eigenvalue weighted by Crippen LogP contribution is 2.42. The number of anilines is 1. The van der Waals surface area contributed by atoms with Gasteiger partial charge < -0.3 is 35.8 Å². The van der Waals surface area contributed by atoms with E-state index in [4.69, 9.17) is 21.1 Å². The Morgan fingerprint density at radius 1 is 1.54 bits per heavy atom. The topological polar surface area (TPSA) is 154 Å². The minimum absolute atomic E-state index is 0.269. The molecule has 2 aromatic rings. The standard InChI is InChI=1S/C14H20N6O4/c1-14(23-2)10(22)8(5-21)24-13(14)20-4-7(3-19-16)9-11(15)17-6-18-12(9)20/h3-4,6,8,10,13,21-22H,5,16H2,1-2H3,(H2,15,17,18)/b19-3+/t8?,10?,13-,14?/m1/s1. The lowest BCUT2D eigenvalue weighted by Crippen LogP contribution is -2.46. The van der Waals surface area contributed by atoms with Crippen molar-refractivity contribution in [2.24, 2.45) is 10.9 Å². The molecule has 0 aromatic carbocycles. The molecule has 1 aliphatic heterocycles. The lowest BCUT2D eigenvalue weighted by molar-refractivity contribution is -0.118. The number of nitrogen functional groups attached to an aromatic ring is 1. The summed E-state index contributed by atoms with van der Waals surface area (Å²) in [7, 11) is 1.47. The molecule has 10 nitrogen and oxygen atoms in total. The molecule has 24 heavy (non-hydrogen) atoms. The molecule has 130 valence electrons. The maximum absolute atomic E-state index is 10.4. The van der Waals surface area contributed by atoms with Crippen LogP contribution in [0.2, 0.25) is 0 Å². The van der Waals surface area contributed by atoms with Crippen LogP contribution in [0.15, 0.2) is 17.6 Å². The van der Waals surface area contributed by atoms with Crippen LogP contribution in [-0.2, 0) is 9.47 Å². The molecule has 0 aliphatic carbocycles. The Morgan fingerprint density at radius 2 is 2.29 bits per heavy atom. The Morgan fingerprint density at radius 3 is 2.92 bits per heavy atom. The van der Waals surface area contributed by atoms with Gasteiger partial charge in [0.25, 0.3) is 0 Å². The molecule has 1 aliphatic rings. The Balaban J connectivity index is 2.21. The number of nitrogens with two attached hydrogens (primary N) is 2. The van der Waals surface area contributed by atoms with Crippen molar-refractivity contribution >= 4 is 23.1 Å². The first-order chi connectivity index (χ1) is 11.5. The van der Waals surface area contributed by atoms with Gasteiger partial charge in [-0.2, -0.15) is 5.10 Å². The molecule has 0 radical (unpaired) electrons. The van der Waals surface area contributed by atoms with Crippen molar-refractivity contribution in [3.05, 3.63) is 18.1 Å². The summed E-state index contributed by atoms with van der Waals surface area (Å²) in [6.07, 6.45) is 1.89. The molecule has 0 spiro atoms. The molecule has 2 aromatic heterocycles. The first-order valence-electron chi connectivity index (χ1n) is 7.31. The second-order valence-corrected chi connectivity index (χ2v) is 5.77. The van der Waals surface area contributed by atoms with E-state index in [0.29, 0.717) is 16.6 Å². The highest BCUT2D eigenvalue weighted by molar-refractivity contribution is 6.02. The van der Waals surface area contributed by atoms with Crippen LogP contribution in [-0.4, -0.2) is 62.5 Å². The monoisotopic (exact) mass is 336 g/mol. The van der Waals surface area contributed by atoms with Crippen molar-refractivity contribution in [1.29, 1.82) is 0 Å². The fourth-order valence-electron chi connectivity index (χ4n) is 3.09. The number of nitrogens with zero attached hydrogens (tertiary/aromatic N) is 4. The van der Waals surface area contributed by atoms with Crippen LogP contribution in [0.3, 0.4) is 0 Å². The Kier molecular flexibility index (Phi) is 4.13. The van der Waals surface area contributed by atoms with Crippen molar-refractivity contribution in [2.45, 2.75) is 31.0 Å².